The lowest BCUT2D eigenvalue weighted by molar-refractivity contribution is -0.120. The van der Waals surface area contributed by atoms with E-state index in [1.165, 1.54) is 0 Å². The molecule has 7 nitrogen and oxygen atoms in total. The molecule has 2 heterocycles. The topological polar surface area (TPSA) is 80.5 Å². The van der Waals surface area contributed by atoms with Crippen molar-refractivity contribution >= 4 is 5.91 Å². The van der Waals surface area contributed by atoms with E-state index in [0.29, 0.717) is 18.1 Å². The van der Waals surface area contributed by atoms with E-state index in [4.69, 9.17) is 9.26 Å². The molecule has 25 heavy (non-hydrogen) atoms. The number of aromatic nitrogens is 2. The van der Waals surface area contributed by atoms with Crippen LogP contribution in [0.2, 0.25) is 0 Å². The van der Waals surface area contributed by atoms with E-state index in [2.05, 4.69) is 20.4 Å². The van der Waals surface area contributed by atoms with Crippen LogP contribution >= 0.6 is 0 Å². The molecule has 2 aromatic rings. The Morgan fingerprint density at radius 2 is 1.96 bits per heavy atom. The van der Waals surface area contributed by atoms with Crippen molar-refractivity contribution in [1.82, 2.24) is 20.4 Å². The Bertz CT molecular complexity index is 624. The molecule has 0 aliphatic carbocycles. The molecule has 1 aliphatic rings. The number of hydrogen-bond acceptors (Lipinski definition) is 6. The smallest absolute Gasteiger partial charge is 0.223 e. The van der Waals surface area contributed by atoms with Crippen molar-refractivity contribution in [3.05, 3.63) is 36.2 Å². The summed E-state index contributed by atoms with van der Waals surface area (Å²) in [7, 11) is 0. The van der Waals surface area contributed by atoms with Crippen molar-refractivity contribution in [1.29, 1.82) is 0 Å². The van der Waals surface area contributed by atoms with Gasteiger partial charge in [-0.05, 0) is 0 Å². The van der Waals surface area contributed by atoms with Gasteiger partial charge in [-0.2, -0.15) is 4.98 Å². The second kappa shape index (κ2) is 10.6. The first-order valence-corrected chi connectivity index (χ1v) is 8.61. The molecule has 0 unspecified atom stereocenters. The van der Waals surface area contributed by atoms with Crippen molar-refractivity contribution in [2.45, 2.75) is 20.3 Å². The van der Waals surface area contributed by atoms with Gasteiger partial charge in [0.25, 0.3) is 0 Å². The Labute approximate surface area is 148 Å². The predicted molar refractivity (Wildman–Crippen MR) is 95.0 cm³/mol. The summed E-state index contributed by atoms with van der Waals surface area (Å²) >= 11 is 0. The Kier molecular flexibility index (Phi) is 8.08. The van der Waals surface area contributed by atoms with Crippen LogP contribution in [0.25, 0.3) is 11.4 Å². The maximum atomic E-state index is 10.9. The third-order valence-electron chi connectivity index (χ3n) is 3.73. The predicted octanol–water partition coefficient (Wildman–Crippen LogP) is 1.89. The number of ether oxygens (including phenoxy) is 1. The molecule has 1 aliphatic heterocycles. The van der Waals surface area contributed by atoms with E-state index in [0.717, 1.165) is 45.0 Å². The van der Waals surface area contributed by atoms with E-state index in [-0.39, 0.29) is 5.91 Å². The summed E-state index contributed by atoms with van der Waals surface area (Å²) in [6.45, 7) is 8.96. The van der Waals surface area contributed by atoms with Gasteiger partial charge in [0.15, 0.2) is 0 Å². The number of amides is 1. The summed E-state index contributed by atoms with van der Waals surface area (Å²) in [6, 6.07) is 9.74. The van der Waals surface area contributed by atoms with Crippen LogP contribution in [0, 0.1) is 6.92 Å². The fourth-order valence-corrected chi connectivity index (χ4v) is 2.31. The third-order valence-corrected chi connectivity index (χ3v) is 3.73. The van der Waals surface area contributed by atoms with Crippen LogP contribution in [-0.4, -0.2) is 60.3 Å². The van der Waals surface area contributed by atoms with Gasteiger partial charge in [-0.3, -0.25) is 9.69 Å². The number of rotatable bonds is 5. The number of carbonyl (C=O) groups excluding carboxylic acids is 1. The zero-order chi connectivity index (χ0) is 17.9. The molecular weight excluding hydrogens is 320 g/mol. The van der Waals surface area contributed by atoms with Crippen LogP contribution in [-0.2, 0) is 9.53 Å². The summed E-state index contributed by atoms with van der Waals surface area (Å²) in [6.07, 6.45) is 0.573. The van der Waals surface area contributed by atoms with E-state index >= 15 is 0 Å². The Morgan fingerprint density at radius 3 is 2.56 bits per heavy atom. The van der Waals surface area contributed by atoms with Gasteiger partial charge in [0.05, 0.1) is 13.2 Å². The first-order chi connectivity index (χ1) is 12.2. The molecule has 0 saturated carbocycles. The minimum Gasteiger partial charge on any atom is -0.379 e. The highest BCUT2D eigenvalue weighted by Gasteiger charge is 2.09. The van der Waals surface area contributed by atoms with Gasteiger partial charge >= 0.3 is 0 Å². The molecule has 1 saturated heterocycles. The molecule has 0 radical (unpaired) electrons. The van der Waals surface area contributed by atoms with Gasteiger partial charge in [-0.15, -0.1) is 0 Å². The van der Waals surface area contributed by atoms with Gasteiger partial charge in [-0.1, -0.05) is 42.4 Å². The molecule has 136 valence electrons. The lowest BCUT2D eigenvalue weighted by Gasteiger charge is -2.26. The molecule has 1 N–H and O–H groups in total. The maximum Gasteiger partial charge on any atom is 0.223 e. The van der Waals surface area contributed by atoms with Crippen LogP contribution < -0.4 is 5.32 Å². The van der Waals surface area contributed by atoms with E-state index in [9.17, 15) is 4.79 Å². The first kappa shape index (κ1) is 19.1. The summed E-state index contributed by atoms with van der Waals surface area (Å²) in [4.78, 5) is 17.3. The van der Waals surface area contributed by atoms with E-state index < -0.39 is 0 Å². The normalized spacial score (nSPS) is 14.5. The minimum absolute atomic E-state index is 0.133. The van der Waals surface area contributed by atoms with Crippen molar-refractivity contribution in [3.8, 4) is 11.4 Å². The lowest BCUT2D eigenvalue weighted by Crippen LogP contribution is -2.41. The van der Waals surface area contributed by atoms with Gasteiger partial charge < -0.3 is 14.6 Å². The van der Waals surface area contributed by atoms with Gasteiger partial charge in [-0.25, -0.2) is 0 Å². The van der Waals surface area contributed by atoms with Gasteiger partial charge in [0.2, 0.25) is 17.6 Å². The fraction of sp³-hybridized carbons (Fsp3) is 0.500. The Balaban J connectivity index is 0.000000181. The molecule has 0 bridgehead atoms. The minimum atomic E-state index is 0.133. The number of nitrogens with zero attached hydrogens (tertiary/aromatic N) is 3. The van der Waals surface area contributed by atoms with Crippen LogP contribution in [0.4, 0.5) is 0 Å². The molecule has 3 rings (SSSR count). The molecular formula is C18H26N4O3. The van der Waals surface area contributed by atoms with Crippen molar-refractivity contribution in [3.63, 3.8) is 0 Å². The molecule has 1 fully saturated rings. The largest absolute Gasteiger partial charge is 0.379 e. The summed E-state index contributed by atoms with van der Waals surface area (Å²) < 4.78 is 10.1. The molecule has 1 aromatic heterocycles. The third kappa shape index (κ3) is 7.03. The summed E-state index contributed by atoms with van der Waals surface area (Å²) in [5.74, 6) is 1.37. The second-order valence-corrected chi connectivity index (χ2v) is 5.66. The van der Waals surface area contributed by atoms with Crippen LogP contribution in [0.5, 0.6) is 0 Å². The number of hydrogen-bond donors (Lipinski definition) is 1. The van der Waals surface area contributed by atoms with Crippen molar-refractivity contribution < 1.29 is 14.1 Å². The maximum absolute atomic E-state index is 10.9. The number of aryl methyl sites for hydroxylation is 1. The summed E-state index contributed by atoms with van der Waals surface area (Å²) in [5.41, 5.74) is 0.981. The lowest BCUT2D eigenvalue weighted by atomic mass is 10.2. The molecule has 0 atom stereocenters. The molecule has 1 aromatic carbocycles. The van der Waals surface area contributed by atoms with Crippen LogP contribution in [0.1, 0.15) is 19.2 Å². The number of nitrogens with one attached hydrogen (secondary N) is 1. The van der Waals surface area contributed by atoms with Crippen molar-refractivity contribution in [2.75, 3.05) is 39.4 Å². The quantitative estimate of drug-likeness (QED) is 0.890. The zero-order valence-electron chi connectivity index (χ0n) is 14.9. The number of carbonyl (C=O) groups is 1. The van der Waals surface area contributed by atoms with E-state index in [1.54, 1.807) is 6.92 Å². The SMILES string of the molecule is CCC(=O)NCCN1CCOCC1.Cc1nc(-c2ccccc2)no1. The van der Waals surface area contributed by atoms with Gasteiger partial charge in [0.1, 0.15) is 0 Å². The average molecular weight is 346 g/mol. The Hall–Kier alpha value is -2.25. The monoisotopic (exact) mass is 346 g/mol. The van der Waals surface area contributed by atoms with Gasteiger partial charge in [0, 0.05) is 45.1 Å². The highest BCUT2D eigenvalue weighted by molar-refractivity contribution is 5.75. The van der Waals surface area contributed by atoms with Crippen LogP contribution in [0.15, 0.2) is 34.9 Å². The zero-order valence-corrected chi connectivity index (χ0v) is 14.9. The standard InChI is InChI=1S/C9H18N2O2.C9H8N2O/c1-2-9(12)10-3-4-11-5-7-13-8-6-11;1-7-10-9(11-12-7)8-5-3-2-4-6-8/h2-8H2,1H3,(H,10,12);2-6H,1H3. The molecule has 7 heteroatoms. The number of benzene rings is 1. The fourth-order valence-electron chi connectivity index (χ4n) is 2.31. The van der Waals surface area contributed by atoms with E-state index in [1.807, 2.05) is 37.3 Å². The highest BCUT2D eigenvalue weighted by atomic mass is 16.5. The van der Waals surface area contributed by atoms with Crippen molar-refractivity contribution in [2.24, 2.45) is 0 Å². The summed E-state index contributed by atoms with van der Waals surface area (Å²) in [5, 5.41) is 6.66. The number of morpholine rings is 1. The average Bonchev–Trinajstić information content (AvgIpc) is 3.10. The molecule has 1 amide bonds. The highest BCUT2D eigenvalue weighted by Crippen LogP contribution is 2.13. The Morgan fingerprint density at radius 1 is 1.24 bits per heavy atom. The second-order valence-electron chi connectivity index (χ2n) is 5.66. The molecule has 0 spiro atoms. The first-order valence-electron chi connectivity index (χ1n) is 8.61. The van der Waals surface area contributed by atoms with Crippen LogP contribution in [0.3, 0.4) is 0 Å².